The van der Waals surface area contributed by atoms with Crippen LogP contribution in [0.2, 0.25) is 0 Å². The minimum atomic E-state index is -3.75. The second kappa shape index (κ2) is 9.05. The number of para-hydroxylation sites is 1. The van der Waals surface area contributed by atoms with Crippen LogP contribution in [0.5, 0.6) is 0 Å². The van der Waals surface area contributed by atoms with Gasteiger partial charge in [0.25, 0.3) is 5.91 Å². The van der Waals surface area contributed by atoms with Crippen LogP contribution in [0.25, 0.3) is 10.2 Å². The van der Waals surface area contributed by atoms with E-state index in [0.29, 0.717) is 12.1 Å². The first-order valence-corrected chi connectivity index (χ1v) is 13.1. The SMILES string of the molecule is O=C(c1cccc(S(=O)(=O)NCc2ccccc2)c1)N1CCCC1c1nc2ccccc2s1. The summed E-state index contributed by atoms with van der Waals surface area (Å²) in [6.45, 7) is 0.815. The Balaban J connectivity index is 1.36. The maximum absolute atomic E-state index is 13.4. The van der Waals surface area contributed by atoms with Crippen LogP contribution in [-0.4, -0.2) is 30.8 Å². The predicted molar refractivity (Wildman–Crippen MR) is 130 cm³/mol. The van der Waals surface area contributed by atoms with E-state index in [9.17, 15) is 13.2 Å². The number of nitrogens with zero attached hydrogens (tertiary/aromatic N) is 2. The van der Waals surface area contributed by atoms with E-state index in [1.165, 1.54) is 12.1 Å². The summed E-state index contributed by atoms with van der Waals surface area (Å²) in [4.78, 5) is 20.0. The number of rotatable bonds is 6. The second-order valence-corrected chi connectivity index (χ2v) is 10.8. The number of fused-ring (bicyclic) bond motifs is 1. The number of aromatic nitrogens is 1. The fourth-order valence-electron chi connectivity index (χ4n) is 4.12. The topological polar surface area (TPSA) is 79.4 Å². The van der Waals surface area contributed by atoms with E-state index in [0.717, 1.165) is 33.6 Å². The minimum absolute atomic E-state index is 0.0833. The third-order valence-electron chi connectivity index (χ3n) is 5.81. The number of nitrogens with one attached hydrogen (secondary N) is 1. The lowest BCUT2D eigenvalue weighted by Gasteiger charge is -2.23. The van der Waals surface area contributed by atoms with Crippen molar-refractivity contribution in [1.82, 2.24) is 14.6 Å². The third kappa shape index (κ3) is 4.55. The van der Waals surface area contributed by atoms with Crippen LogP contribution in [0.4, 0.5) is 0 Å². The average molecular weight is 478 g/mol. The first-order valence-electron chi connectivity index (χ1n) is 10.8. The van der Waals surface area contributed by atoms with Gasteiger partial charge < -0.3 is 4.90 Å². The summed E-state index contributed by atoms with van der Waals surface area (Å²) in [6.07, 6.45) is 1.74. The number of thiazole rings is 1. The van der Waals surface area contributed by atoms with E-state index in [4.69, 9.17) is 4.98 Å². The van der Waals surface area contributed by atoms with Gasteiger partial charge in [-0.3, -0.25) is 4.79 Å². The predicted octanol–water partition coefficient (Wildman–Crippen LogP) is 4.75. The van der Waals surface area contributed by atoms with Crippen molar-refractivity contribution in [2.24, 2.45) is 0 Å². The first-order chi connectivity index (χ1) is 16.0. The smallest absolute Gasteiger partial charge is 0.254 e. The van der Waals surface area contributed by atoms with Crippen molar-refractivity contribution >= 4 is 37.5 Å². The Labute approximate surface area is 197 Å². The molecule has 1 N–H and O–H groups in total. The molecule has 0 bridgehead atoms. The highest BCUT2D eigenvalue weighted by atomic mass is 32.2. The standard InChI is InChI=1S/C25H23N3O3S2/c29-25(28-15-7-13-22(28)24-27-21-12-4-5-14-23(21)32-24)19-10-6-11-20(16-19)33(30,31)26-17-18-8-2-1-3-9-18/h1-6,8-12,14,16,22,26H,7,13,15,17H2. The van der Waals surface area contributed by atoms with Crippen molar-refractivity contribution in [1.29, 1.82) is 0 Å². The molecule has 0 saturated carbocycles. The van der Waals surface area contributed by atoms with Crippen molar-refractivity contribution < 1.29 is 13.2 Å². The summed E-state index contributed by atoms with van der Waals surface area (Å²) >= 11 is 1.61. The fourth-order valence-corrected chi connectivity index (χ4v) is 6.30. The minimum Gasteiger partial charge on any atom is -0.329 e. The molecule has 3 aromatic carbocycles. The Kier molecular flexibility index (Phi) is 5.97. The number of likely N-dealkylation sites (tertiary alicyclic amines) is 1. The number of amides is 1. The highest BCUT2D eigenvalue weighted by molar-refractivity contribution is 7.89. The Bertz CT molecular complexity index is 1370. The molecule has 1 unspecified atom stereocenters. The molecule has 0 radical (unpaired) electrons. The lowest BCUT2D eigenvalue weighted by molar-refractivity contribution is 0.0735. The number of hydrogen-bond acceptors (Lipinski definition) is 5. The van der Waals surface area contributed by atoms with Crippen LogP contribution in [0.1, 0.15) is 39.8 Å². The molecule has 5 rings (SSSR count). The van der Waals surface area contributed by atoms with Crippen molar-refractivity contribution in [3.63, 3.8) is 0 Å². The molecule has 6 nitrogen and oxygen atoms in total. The maximum atomic E-state index is 13.4. The lowest BCUT2D eigenvalue weighted by atomic mass is 10.1. The van der Waals surface area contributed by atoms with Gasteiger partial charge in [-0.25, -0.2) is 18.1 Å². The second-order valence-electron chi connectivity index (χ2n) is 8.01. The number of carbonyl (C=O) groups excluding carboxylic acids is 1. The Hall–Kier alpha value is -3.07. The Morgan fingerprint density at radius 2 is 1.82 bits per heavy atom. The van der Waals surface area contributed by atoms with Crippen molar-refractivity contribution in [2.45, 2.75) is 30.3 Å². The van der Waals surface area contributed by atoms with Gasteiger partial charge in [0, 0.05) is 18.7 Å². The van der Waals surface area contributed by atoms with Gasteiger partial charge in [-0.15, -0.1) is 11.3 Å². The molecule has 168 valence electrons. The Morgan fingerprint density at radius 1 is 1.03 bits per heavy atom. The van der Waals surface area contributed by atoms with E-state index in [1.807, 2.05) is 59.5 Å². The molecule has 1 amide bonds. The van der Waals surface area contributed by atoms with Gasteiger partial charge in [0.1, 0.15) is 5.01 Å². The zero-order valence-corrected chi connectivity index (χ0v) is 19.5. The van der Waals surface area contributed by atoms with Gasteiger partial charge in [-0.05, 0) is 48.7 Å². The Morgan fingerprint density at radius 3 is 2.64 bits per heavy atom. The third-order valence-corrected chi connectivity index (χ3v) is 8.35. The van der Waals surface area contributed by atoms with Crippen molar-refractivity contribution in [3.8, 4) is 0 Å². The van der Waals surface area contributed by atoms with Crippen molar-refractivity contribution in [2.75, 3.05) is 6.54 Å². The van der Waals surface area contributed by atoms with Crippen LogP contribution in [0.3, 0.4) is 0 Å². The largest absolute Gasteiger partial charge is 0.329 e. The van der Waals surface area contributed by atoms with E-state index in [2.05, 4.69) is 4.72 Å². The van der Waals surface area contributed by atoms with Crippen LogP contribution in [0, 0.1) is 0 Å². The number of sulfonamides is 1. The molecule has 1 atom stereocenters. The van der Waals surface area contributed by atoms with Gasteiger partial charge in [0.05, 0.1) is 21.2 Å². The molecular weight excluding hydrogens is 454 g/mol. The molecule has 4 aromatic rings. The van der Waals surface area contributed by atoms with Crippen LogP contribution >= 0.6 is 11.3 Å². The molecular formula is C25H23N3O3S2. The molecule has 1 saturated heterocycles. The molecule has 1 fully saturated rings. The number of hydrogen-bond donors (Lipinski definition) is 1. The zero-order chi connectivity index (χ0) is 22.8. The van der Waals surface area contributed by atoms with E-state index in [1.54, 1.807) is 23.5 Å². The lowest BCUT2D eigenvalue weighted by Crippen LogP contribution is -2.31. The molecule has 2 heterocycles. The number of carbonyl (C=O) groups is 1. The van der Waals surface area contributed by atoms with Gasteiger partial charge in [-0.2, -0.15) is 0 Å². The summed E-state index contributed by atoms with van der Waals surface area (Å²) in [5.41, 5.74) is 2.17. The summed E-state index contributed by atoms with van der Waals surface area (Å²) in [5.74, 6) is -0.170. The molecule has 0 spiro atoms. The fraction of sp³-hybridized carbons (Fsp3) is 0.200. The number of benzene rings is 3. The van der Waals surface area contributed by atoms with E-state index in [-0.39, 0.29) is 23.4 Å². The van der Waals surface area contributed by atoms with Crippen LogP contribution < -0.4 is 4.72 Å². The van der Waals surface area contributed by atoms with Crippen molar-refractivity contribution in [3.05, 3.63) is 95.0 Å². The van der Waals surface area contributed by atoms with Gasteiger partial charge in [0.15, 0.2) is 0 Å². The highest BCUT2D eigenvalue weighted by Gasteiger charge is 2.33. The molecule has 8 heteroatoms. The average Bonchev–Trinajstić information content (AvgIpc) is 3.50. The van der Waals surface area contributed by atoms with E-state index < -0.39 is 10.0 Å². The zero-order valence-electron chi connectivity index (χ0n) is 17.8. The molecule has 1 aliphatic heterocycles. The molecule has 1 aliphatic rings. The monoisotopic (exact) mass is 477 g/mol. The quantitative estimate of drug-likeness (QED) is 0.435. The molecule has 33 heavy (non-hydrogen) atoms. The van der Waals surface area contributed by atoms with Gasteiger partial charge >= 0.3 is 0 Å². The van der Waals surface area contributed by atoms with E-state index >= 15 is 0 Å². The normalized spacial score (nSPS) is 16.4. The van der Waals surface area contributed by atoms with Crippen LogP contribution in [-0.2, 0) is 16.6 Å². The highest BCUT2D eigenvalue weighted by Crippen LogP contribution is 2.37. The summed E-state index contributed by atoms with van der Waals surface area (Å²) in [7, 11) is -3.75. The molecule has 1 aromatic heterocycles. The van der Waals surface area contributed by atoms with Gasteiger partial charge in [0.2, 0.25) is 10.0 Å². The summed E-state index contributed by atoms with van der Waals surface area (Å²) < 4.78 is 29.4. The summed E-state index contributed by atoms with van der Waals surface area (Å²) in [5, 5.41) is 0.926. The maximum Gasteiger partial charge on any atom is 0.254 e. The molecule has 0 aliphatic carbocycles. The first kappa shape index (κ1) is 21.8. The summed E-state index contributed by atoms with van der Waals surface area (Å²) in [6, 6.07) is 23.5. The van der Waals surface area contributed by atoms with Gasteiger partial charge in [-0.1, -0.05) is 48.5 Å². The van der Waals surface area contributed by atoms with Crippen LogP contribution in [0.15, 0.2) is 83.8 Å².